The van der Waals surface area contributed by atoms with Crippen LogP contribution >= 0.6 is 15.9 Å². The Hall–Kier alpha value is -2.33. The van der Waals surface area contributed by atoms with E-state index in [1.54, 1.807) is 6.20 Å². The Balaban J connectivity index is 1.70. The van der Waals surface area contributed by atoms with E-state index in [2.05, 4.69) is 20.9 Å². The van der Waals surface area contributed by atoms with Crippen LogP contribution in [0, 0.1) is 0 Å². The molecule has 3 aromatic rings. The lowest BCUT2D eigenvalue weighted by atomic mass is 10.2. The highest BCUT2D eigenvalue weighted by Gasteiger charge is 2.09. The first-order valence-corrected chi connectivity index (χ1v) is 8.09. The molecule has 0 aliphatic rings. The van der Waals surface area contributed by atoms with Crippen LogP contribution < -0.4 is 9.47 Å². The summed E-state index contributed by atoms with van der Waals surface area (Å²) in [5, 5.41) is 0. The van der Waals surface area contributed by atoms with Crippen molar-refractivity contribution in [3.8, 4) is 11.6 Å². The highest BCUT2D eigenvalue weighted by atomic mass is 79.9. The largest absolute Gasteiger partial charge is 0.483 e. The highest BCUT2D eigenvalue weighted by molar-refractivity contribution is 9.10. The van der Waals surface area contributed by atoms with Gasteiger partial charge in [0.05, 0.1) is 0 Å². The van der Waals surface area contributed by atoms with Gasteiger partial charge in [0.1, 0.15) is 13.2 Å². The zero-order valence-electron chi connectivity index (χ0n) is 12.5. The maximum atomic E-state index is 5.87. The van der Waals surface area contributed by atoms with Crippen molar-refractivity contribution in [2.75, 3.05) is 0 Å². The summed E-state index contributed by atoms with van der Waals surface area (Å²) in [7, 11) is 0. The number of ether oxygens (including phenoxy) is 2. The molecular weight excluding hydrogens is 354 g/mol. The van der Waals surface area contributed by atoms with Gasteiger partial charge in [-0.25, -0.2) is 4.98 Å². The van der Waals surface area contributed by atoms with Crippen LogP contribution in [0.3, 0.4) is 0 Å². The smallest absolute Gasteiger partial charge is 0.257 e. The molecule has 23 heavy (non-hydrogen) atoms. The van der Waals surface area contributed by atoms with Gasteiger partial charge in [0.25, 0.3) is 5.88 Å². The minimum atomic E-state index is 0.456. The van der Waals surface area contributed by atoms with Crippen molar-refractivity contribution >= 4 is 15.9 Å². The summed E-state index contributed by atoms with van der Waals surface area (Å²) in [6, 6.07) is 21.9. The molecule has 0 amide bonds. The second-order valence-electron chi connectivity index (χ2n) is 5.01. The van der Waals surface area contributed by atoms with E-state index in [1.165, 1.54) is 0 Å². The molecule has 1 heterocycles. The summed E-state index contributed by atoms with van der Waals surface area (Å²) < 4.78 is 12.5. The van der Waals surface area contributed by atoms with Crippen LogP contribution in [-0.4, -0.2) is 4.98 Å². The van der Waals surface area contributed by atoms with E-state index >= 15 is 0 Å². The molecule has 0 saturated heterocycles. The van der Waals surface area contributed by atoms with Crippen LogP contribution in [0.15, 0.2) is 77.4 Å². The summed E-state index contributed by atoms with van der Waals surface area (Å²) in [5.74, 6) is 1.12. The fourth-order valence-corrected chi connectivity index (χ4v) is 2.39. The molecule has 0 unspecified atom stereocenters. The topological polar surface area (TPSA) is 31.4 Å². The van der Waals surface area contributed by atoms with Crippen LogP contribution in [-0.2, 0) is 13.2 Å². The molecule has 0 atom stereocenters. The minimum absolute atomic E-state index is 0.456. The third-order valence-corrected chi connectivity index (χ3v) is 3.67. The summed E-state index contributed by atoms with van der Waals surface area (Å²) in [4.78, 5) is 4.31. The van der Waals surface area contributed by atoms with Crippen molar-refractivity contribution in [3.05, 3.63) is 88.5 Å². The Labute approximate surface area is 144 Å². The molecule has 0 saturated carbocycles. The number of pyridine rings is 1. The second-order valence-corrected chi connectivity index (χ2v) is 5.92. The van der Waals surface area contributed by atoms with E-state index in [0.29, 0.717) is 24.8 Å². The van der Waals surface area contributed by atoms with Crippen LogP contribution in [0.5, 0.6) is 11.6 Å². The SMILES string of the molecule is Brc1cnc(OCc2ccccc2)c(OCc2ccccc2)c1. The molecule has 0 bridgehead atoms. The van der Waals surface area contributed by atoms with E-state index in [1.807, 2.05) is 66.7 Å². The van der Waals surface area contributed by atoms with Crippen molar-refractivity contribution in [2.45, 2.75) is 13.2 Å². The first kappa shape index (κ1) is 15.6. The molecule has 0 N–H and O–H groups in total. The van der Waals surface area contributed by atoms with Crippen molar-refractivity contribution in [1.82, 2.24) is 4.98 Å². The monoisotopic (exact) mass is 369 g/mol. The average molecular weight is 370 g/mol. The normalized spacial score (nSPS) is 10.3. The first-order chi connectivity index (χ1) is 11.3. The summed E-state index contributed by atoms with van der Waals surface area (Å²) >= 11 is 3.42. The summed E-state index contributed by atoms with van der Waals surface area (Å²) in [6.07, 6.45) is 1.70. The van der Waals surface area contributed by atoms with Gasteiger partial charge in [0.2, 0.25) is 0 Å². The lowest BCUT2D eigenvalue weighted by Crippen LogP contribution is -2.02. The Morgan fingerprint density at radius 2 is 1.35 bits per heavy atom. The quantitative estimate of drug-likeness (QED) is 0.612. The maximum Gasteiger partial charge on any atom is 0.257 e. The van der Waals surface area contributed by atoms with Crippen LogP contribution in [0.2, 0.25) is 0 Å². The number of halogens is 1. The molecular formula is C19H16BrNO2. The van der Waals surface area contributed by atoms with E-state index in [9.17, 15) is 0 Å². The summed E-state index contributed by atoms with van der Waals surface area (Å²) in [5.41, 5.74) is 2.19. The third kappa shape index (κ3) is 4.57. The number of rotatable bonds is 6. The predicted octanol–water partition coefficient (Wildman–Crippen LogP) is 5.00. The van der Waals surface area contributed by atoms with E-state index < -0.39 is 0 Å². The predicted molar refractivity (Wildman–Crippen MR) is 93.5 cm³/mol. The van der Waals surface area contributed by atoms with Gasteiger partial charge in [0, 0.05) is 16.7 Å². The fourth-order valence-electron chi connectivity index (χ4n) is 2.08. The Bertz CT molecular complexity index is 748. The molecule has 116 valence electrons. The molecule has 2 aromatic carbocycles. The lowest BCUT2D eigenvalue weighted by molar-refractivity contribution is 0.247. The number of aromatic nitrogens is 1. The summed E-state index contributed by atoms with van der Waals surface area (Å²) in [6.45, 7) is 0.928. The molecule has 0 radical (unpaired) electrons. The Morgan fingerprint density at radius 1 is 0.783 bits per heavy atom. The van der Waals surface area contributed by atoms with Gasteiger partial charge in [-0.1, -0.05) is 60.7 Å². The maximum absolute atomic E-state index is 5.87. The molecule has 1 aromatic heterocycles. The van der Waals surface area contributed by atoms with Gasteiger partial charge in [0.15, 0.2) is 5.75 Å². The van der Waals surface area contributed by atoms with Gasteiger partial charge in [-0.3, -0.25) is 0 Å². The van der Waals surface area contributed by atoms with Crippen LogP contribution in [0.1, 0.15) is 11.1 Å². The first-order valence-electron chi connectivity index (χ1n) is 7.30. The van der Waals surface area contributed by atoms with E-state index in [-0.39, 0.29) is 0 Å². The number of hydrogen-bond acceptors (Lipinski definition) is 3. The minimum Gasteiger partial charge on any atom is -0.483 e. The molecule has 4 heteroatoms. The van der Waals surface area contributed by atoms with Gasteiger partial charge in [-0.2, -0.15) is 0 Å². The Morgan fingerprint density at radius 3 is 1.96 bits per heavy atom. The molecule has 3 nitrogen and oxygen atoms in total. The van der Waals surface area contributed by atoms with Gasteiger partial charge in [-0.05, 0) is 27.1 Å². The van der Waals surface area contributed by atoms with Crippen LogP contribution in [0.25, 0.3) is 0 Å². The zero-order chi connectivity index (χ0) is 15.9. The highest BCUT2D eigenvalue weighted by Crippen LogP contribution is 2.29. The zero-order valence-corrected chi connectivity index (χ0v) is 14.1. The molecule has 0 spiro atoms. The van der Waals surface area contributed by atoms with Crippen molar-refractivity contribution in [3.63, 3.8) is 0 Å². The fraction of sp³-hybridized carbons (Fsp3) is 0.105. The number of nitrogens with zero attached hydrogens (tertiary/aromatic N) is 1. The van der Waals surface area contributed by atoms with Crippen molar-refractivity contribution < 1.29 is 9.47 Å². The van der Waals surface area contributed by atoms with Crippen molar-refractivity contribution in [2.24, 2.45) is 0 Å². The van der Waals surface area contributed by atoms with E-state index in [0.717, 1.165) is 15.6 Å². The van der Waals surface area contributed by atoms with E-state index in [4.69, 9.17) is 9.47 Å². The van der Waals surface area contributed by atoms with Crippen molar-refractivity contribution in [1.29, 1.82) is 0 Å². The van der Waals surface area contributed by atoms with Gasteiger partial charge in [-0.15, -0.1) is 0 Å². The number of hydrogen-bond donors (Lipinski definition) is 0. The Kier molecular flexibility index (Phi) is 5.27. The molecule has 0 aliphatic heterocycles. The standard InChI is InChI=1S/C19H16BrNO2/c20-17-11-18(22-13-15-7-3-1-4-8-15)19(21-12-17)23-14-16-9-5-2-6-10-16/h1-12H,13-14H2. The van der Waals surface area contributed by atoms with Crippen LogP contribution in [0.4, 0.5) is 0 Å². The lowest BCUT2D eigenvalue weighted by Gasteiger charge is -2.12. The average Bonchev–Trinajstić information content (AvgIpc) is 2.61. The third-order valence-electron chi connectivity index (χ3n) is 3.24. The van der Waals surface area contributed by atoms with Gasteiger partial charge >= 0.3 is 0 Å². The molecule has 3 rings (SSSR count). The number of benzene rings is 2. The second kappa shape index (κ2) is 7.79. The molecule has 0 aliphatic carbocycles. The molecule has 0 fully saturated rings. The van der Waals surface area contributed by atoms with Gasteiger partial charge < -0.3 is 9.47 Å².